The Morgan fingerprint density at radius 1 is 1.32 bits per heavy atom. The molecule has 0 spiro atoms. The van der Waals surface area contributed by atoms with Gasteiger partial charge in [0.25, 0.3) is 10.0 Å². The summed E-state index contributed by atoms with van der Waals surface area (Å²) in [5.41, 5.74) is 0.568. The molecule has 0 aromatic heterocycles. The first kappa shape index (κ1) is 13.6. The van der Waals surface area contributed by atoms with Crippen molar-refractivity contribution in [3.05, 3.63) is 30.4 Å². The first-order valence-electron chi connectivity index (χ1n) is 5.84. The molecule has 0 bridgehead atoms. The molecule has 0 saturated carbocycles. The van der Waals surface area contributed by atoms with E-state index >= 15 is 0 Å². The van der Waals surface area contributed by atoms with Crippen LogP contribution in [0.5, 0.6) is 11.5 Å². The molecule has 0 unspecified atom stereocenters. The van der Waals surface area contributed by atoms with Crippen molar-refractivity contribution in [2.24, 2.45) is 4.40 Å². The van der Waals surface area contributed by atoms with Crippen LogP contribution in [0.15, 0.2) is 39.6 Å². The highest BCUT2D eigenvalue weighted by atomic mass is 32.2. The van der Waals surface area contributed by atoms with Crippen LogP contribution in [-0.2, 0) is 10.0 Å². The zero-order chi connectivity index (χ0) is 13.9. The fraction of sp³-hybridized carbons (Fsp3) is 0.308. The minimum absolute atomic E-state index is 0.0780. The zero-order valence-corrected chi connectivity index (χ0v) is 11.4. The maximum atomic E-state index is 12.0. The topological polar surface area (TPSA) is 65.0 Å². The van der Waals surface area contributed by atoms with Gasteiger partial charge in [0.15, 0.2) is 11.5 Å². The first-order valence-corrected chi connectivity index (χ1v) is 7.28. The molecule has 0 saturated heterocycles. The normalized spacial score (nSPS) is 15.2. The summed E-state index contributed by atoms with van der Waals surface area (Å²) in [5.74, 6) is 0.990. The second kappa shape index (κ2) is 5.44. The molecule has 19 heavy (non-hydrogen) atoms. The summed E-state index contributed by atoms with van der Waals surface area (Å²) in [4.78, 5) is 0.0780. The number of sulfonamides is 1. The predicted octanol–water partition coefficient (Wildman–Crippen LogP) is 2.18. The molecule has 2 rings (SSSR count). The van der Waals surface area contributed by atoms with Gasteiger partial charge in [-0.15, -0.1) is 0 Å². The van der Waals surface area contributed by atoms with Crippen molar-refractivity contribution < 1.29 is 17.9 Å². The highest BCUT2D eigenvalue weighted by Crippen LogP contribution is 2.32. The van der Waals surface area contributed by atoms with E-state index in [4.69, 9.17) is 9.47 Å². The summed E-state index contributed by atoms with van der Waals surface area (Å²) >= 11 is 0. The standard InChI is InChI=1S/C13H15NO4S/c1-10(2)9-14-19(15,16)11-4-5-12-13(8-11)18-7-3-6-17-12/h4-5,8-9H,1,3,6-7H2,2H3. The van der Waals surface area contributed by atoms with Crippen LogP contribution in [0.1, 0.15) is 13.3 Å². The van der Waals surface area contributed by atoms with E-state index in [2.05, 4.69) is 11.0 Å². The number of fused-ring (bicyclic) bond motifs is 1. The molecule has 1 aromatic carbocycles. The molecule has 5 nitrogen and oxygen atoms in total. The molecule has 102 valence electrons. The van der Waals surface area contributed by atoms with E-state index in [1.54, 1.807) is 13.0 Å². The van der Waals surface area contributed by atoms with Crippen molar-refractivity contribution in [2.75, 3.05) is 13.2 Å². The molecular weight excluding hydrogens is 266 g/mol. The number of hydrogen-bond acceptors (Lipinski definition) is 4. The van der Waals surface area contributed by atoms with E-state index < -0.39 is 10.0 Å². The van der Waals surface area contributed by atoms with Gasteiger partial charge in [-0.3, -0.25) is 0 Å². The minimum atomic E-state index is -3.73. The van der Waals surface area contributed by atoms with Crippen LogP contribution < -0.4 is 9.47 Å². The van der Waals surface area contributed by atoms with E-state index in [1.807, 2.05) is 0 Å². The summed E-state index contributed by atoms with van der Waals surface area (Å²) in [6.45, 7) is 6.32. The van der Waals surface area contributed by atoms with Crippen molar-refractivity contribution in [3.8, 4) is 11.5 Å². The number of hydrogen-bond donors (Lipinski definition) is 0. The van der Waals surface area contributed by atoms with E-state index in [-0.39, 0.29) is 4.90 Å². The lowest BCUT2D eigenvalue weighted by Gasteiger charge is -2.08. The summed E-state index contributed by atoms with van der Waals surface area (Å²) in [5, 5.41) is 0. The van der Waals surface area contributed by atoms with Gasteiger partial charge >= 0.3 is 0 Å². The third-order valence-electron chi connectivity index (χ3n) is 2.43. The molecule has 1 heterocycles. The Hall–Kier alpha value is -1.82. The molecule has 0 N–H and O–H groups in total. The summed E-state index contributed by atoms with van der Waals surface area (Å²) in [6, 6.07) is 4.48. The average molecular weight is 281 g/mol. The monoisotopic (exact) mass is 281 g/mol. The Bertz CT molecular complexity index is 620. The number of allylic oxidation sites excluding steroid dienone is 1. The third-order valence-corrected chi connectivity index (χ3v) is 3.66. The van der Waals surface area contributed by atoms with Crippen LogP contribution in [-0.4, -0.2) is 27.8 Å². The van der Waals surface area contributed by atoms with Gasteiger partial charge < -0.3 is 9.47 Å². The lowest BCUT2D eigenvalue weighted by Crippen LogP contribution is -1.99. The van der Waals surface area contributed by atoms with E-state index in [0.717, 1.165) is 6.42 Å². The van der Waals surface area contributed by atoms with Crippen LogP contribution in [0.3, 0.4) is 0 Å². The zero-order valence-electron chi connectivity index (χ0n) is 10.6. The van der Waals surface area contributed by atoms with Crippen molar-refractivity contribution in [1.82, 2.24) is 0 Å². The van der Waals surface area contributed by atoms with Crippen LogP contribution in [0.2, 0.25) is 0 Å². The molecule has 6 heteroatoms. The van der Waals surface area contributed by atoms with Crippen LogP contribution in [0.4, 0.5) is 0 Å². The first-order chi connectivity index (χ1) is 8.99. The van der Waals surface area contributed by atoms with Crippen molar-refractivity contribution in [1.29, 1.82) is 0 Å². The molecule has 0 amide bonds. The van der Waals surface area contributed by atoms with E-state index in [9.17, 15) is 8.42 Å². The number of ether oxygens (including phenoxy) is 2. The second-order valence-electron chi connectivity index (χ2n) is 4.21. The highest BCUT2D eigenvalue weighted by molar-refractivity contribution is 7.90. The highest BCUT2D eigenvalue weighted by Gasteiger charge is 2.17. The molecule has 1 aromatic rings. The van der Waals surface area contributed by atoms with Gasteiger partial charge in [0.1, 0.15) is 0 Å². The Balaban J connectivity index is 2.36. The van der Waals surface area contributed by atoms with Crippen molar-refractivity contribution in [2.45, 2.75) is 18.2 Å². The van der Waals surface area contributed by atoms with Gasteiger partial charge in [-0.25, -0.2) is 0 Å². The van der Waals surface area contributed by atoms with Gasteiger partial charge in [0, 0.05) is 18.7 Å². The van der Waals surface area contributed by atoms with Gasteiger partial charge in [0.05, 0.1) is 18.1 Å². The number of rotatable bonds is 3. The Kier molecular flexibility index (Phi) is 3.90. The fourth-order valence-corrected chi connectivity index (χ4v) is 2.46. The molecule has 0 radical (unpaired) electrons. The third kappa shape index (κ3) is 3.35. The average Bonchev–Trinajstić information content (AvgIpc) is 2.60. The molecule has 1 aliphatic heterocycles. The maximum absolute atomic E-state index is 12.0. The Morgan fingerprint density at radius 3 is 2.68 bits per heavy atom. The number of nitrogens with zero attached hydrogens (tertiary/aromatic N) is 1. The van der Waals surface area contributed by atoms with Crippen molar-refractivity contribution in [3.63, 3.8) is 0 Å². The minimum Gasteiger partial charge on any atom is -0.490 e. The smallest absolute Gasteiger partial charge is 0.282 e. The lowest BCUT2D eigenvalue weighted by atomic mass is 10.3. The van der Waals surface area contributed by atoms with Gasteiger partial charge in [-0.1, -0.05) is 6.58 Å². The van der Waals surface area contributed by atoms with Gasteiger partial charge in [-0.05, 0) is 24.6 Å². The van der Waals surface area contributed by atoms with Gasteiger partial charge in [0.2, 0.25) is 0 Å². The molecule has 0 fully saturated rings. The van der Waals surface area contributed by atoms with Crippen molar-refractivity contribution >= 4 is 16.2 Å². The quantitative estimate of drug-likeness (QED) is 0.797. The predicted molar refractivity (Wildman–Crippen MR) is 72.5 cm³/mol. The molecular formula is C13H15NO4S. The summed E-state index contributed by atoms with van der Waals surface area (Å²) in [6.07, 6.45) is 1.99. The second-order valence-corrected chi connectivity index (χ2v) is 5.85. The Labute approximate surface area is 112 Å². The molecule has 0 atom stereocenters. The van der Waals surface area contributed by atoms with Crippen LogP contribution in [0, 0.1) is 0 Å². The lowest BCUT2D eigenvalue weighted by molar-refractivity contribution is 0.297. The van der Waals surface area contributed by atoms with Gasteiger partial charge in [-0.2, -0.15) is 12.8 Å². The SMILES string of the molecule is C=C(C)C=NS(=O)(=O)c1ccc2c(c1)OCCCO2. The Morgan fingerprint density at radius 2 is 2.00 bits per heavy atom. The number of benzene rings is 1. The maximum Gasteiger partial charge on any atom is 0.282 e. The van der Waals surface area contributed by atoms with Crippen LogP contribution >= 0.6 is 0 Å². The largest absolute Gasteiger partial charge is 0.490 e. The summed E-state index contributed by atoms with van der Waals surface area (Å²) < 4.78 is 38.4. The van der Waals surface area contributed by atoms with E-state index in [0.29, 0.717) is 30.3 Å². The fourth-order valence-electron chi connectivity index (χ4n) is 1.52. The molecule has 1 aliphatic rings. The molecule has 0 aliphatic carbocycles. The van der Waals surface area contributed by atoms with Crippen LogP contribution in [0.25, 0.3) is 0 Å². The van der Waals surface area contributed by atoms with E-state index in [1.165, 1.54) is 18.3 Å². The summed E-state index contributed by atoms with van der Waals surface area (Å²) in [7, 11) is -3.73.